The van der Waals surface area contributed by atoms with Crippen molar-refractivity contribution in [1.29, 1.82) is 0 Å². The molecule has 0 N–H and O–H groups in total. The Balaban J connectivity index is 1.73. The number of rotatable bonds is 10. The Kier molecular flexibility index (Phi) is 7.65. The van der Waals surface area contributed by atoms with Gasteiger partial charge in [-0.25, -0.2) is 0 Å². The summed E-state index contributed by atoms with van der Waals surface area (Å²) < 4.78 is 7.41. The SMILES string of the molecule is C=CCN(CC(=O)N(Cc1ccco1)Cc1cccn1C)C(=O)C=Cc1ccccc1. The Hall–Kier alpha value is -3.80. The summed E-state index contributed by atoms with van der Waals surface area (Å²) in [5.41, 5.74) is 1.91. The molecular formula is C25H27N3O3. The largest absolute Gasteiger partial charge is 0.467 e. The summed E-state index contributed by atoms with van der Waals surface area (Å²) >= 11 is 0. The molecule has 0 radical (unpaired) electrons. The zero-order chi connectivity index (χ0) is 22.1. The van der Waals surface area contributed by atoms with Crippen LogP contribution in [0.1, 0.15) is 17.0 Å². The predicted molar refractivity (Wildman–Crippen MR) is 121 cm³/mol. The number of aromatic nitrogens is 1. The first-order chi connectivity index (χ1) is 15.1. The summed E-state index contributed by atoms with van der Waals surface area (Å²) in [6, 6.07) is 17.1. The van der Waals surface area contributed by atoms with E-state index in [9.17, 15) is 9.59 Å². The van der Waals surface area contributed by atoms with Crippen LogP contribution in [0.4, 0.5) is 0 Å². The monoisotopic (exact) mass is 417 g/mol. The van der Waals surface area contributed by atoms with E-state index >= 15 is 0 Å². The van der Waals surface area contributed by atoms with Crippen molar-refractivity contribution in [3.8, 4) is 0 Å². The molecule has 6 heteroatoms. The molecule has 3 aromatic rings. The van der Waals surface area contributed by atoms with Crippen molar-refractivity contribution in [1.82, 2.24) is 14.4 Å². The minimum Gasteiger partial charge on any atom is -0.467 e. The predicted octanol–water partition coefficient (Wildman–Crippen LogP) is 3.87. The van der Waals surface area contributed by atoms with Crippen LogP contribution in [0, 0.1) is 0 Å². The summed E-state index contributed by atoms with van der Waals surface area (Å²) in [5.74, 6) is 0.281. The van der Waals surface area contributed by atoms with E-state index in [1.807, 2.05) is 66.3 Å². The van der Waals surface area contributed by atoms with E-state index in [2.05, 4.69) is 6.58 Å². The minimum atomic E-state index is -0.242. The maximum atomic E-state index is 13.2. The fourth-order valence-electron chi connectivity index (χ4n) is 3.17. The van der Waals surface area contributed by atoms with Crippen molar-refractivity contribution in [2.45, 2.75) is 13.1 Å². The third-order valence-corrected chi connectivity index (χ3v) is 4.89. The van der Waals surface area contributed by atoms with Crippen LogP contribution in [0.15, 0.2) is 90.2 Å². The van der Waals surface area contributed by atoms with Gasteiger partial charge in [-0.05, 0) is 35.9 Å². The maximum absolute atomic E-state index is 13.2. The number of benzene rings is 1. The lowest BCUT2D eigenvalue weighted by atomic mass is 10.2. The molecule has 3 rings (SSSR count). The van der Waals surface area contributed by atoms with Crippen molar-refractivity contribution in [2.75, 3.05) is 13.1 Å². The third-order valence-electron chi connectivity index (χ3n) is 4.89. The van der Waals surface area contributed by atoms with Crippen molar-refractivity contribution in [3.63, 3.8) is 0 Å². The number of nitrogens with zero attached hydrogens (tertiary/aromatic N) is 3. The van der Waals surface area contributed by atoms with Crippen molar-refractivity contribution in [3.05, 3.63) is 103 Å². The van der Waals surface area contributed by atoms with Crippen LogP contribution in [-0.4, -0.2) is 39.3 Å². The van der Waals surface area contributed by atoms with Gasteiger partial charge < -0.3 is 18.8 Å². The molecule has 0 saturated heterocycles. The van der Waals surface area contributed by atoms with E-state index in [0.29, 0.717) is 18.8 Å². The van der Waals surface area contributed by atoms with E-state index in [-0.39, 0.29) is 24.9 Å². The summed E-state index contributed by atoms with van der Waals surface area (Å²) in [6.07, 6.45) is 8.37. The second kappa shape index (κ2) is 10.8. The molecule has 0 aliphatic heterocycles. The number of furan rings is 1. The molecule has 1 aromatic carbocycles. The first-order valence-corrected chi connectivity index (χ1v) is 10.1. The van der Waals surface area contributed by atoms with E-state index < -0.39 is 0 Å². The van der Waals surface area contributed by atoms with Gasteiger partial charge in [-0.15, -0.1) is 6.58 Å². The van der Waals surface area contributed by atoms with Crippen LogP contribution >= 0.6 is 0 Å². The van der Waals surface area contributed by atoms with Crippen LogP contribution in [0.5, 0.6) is 0 Å². The fraction of sp³-hybridized carbons (Fsp3) is 0.200. The van der Waals surface area contributed by atoms with Crippen molar-refractivity contribution < 1.29 is 14.0 Å². The van der Waals surface area contributed by atoms with Gasteiger partial charge in [0.25, 0.3) is 0 Å². The Bertz CT molecular complexity index is 1020. The highest BCUT2D eigenvalue weighted by molar-refractivity contribution is 5.94. The Morgan fingerprint density at radius 1 is 1.03 bits per heavy atom. The molecule has 2 amide bonds. The van der Waals surface area contributed by atoms with Crippen LogP contribution < -0.4 is 0 Å². The molecule has 0 bridgehead atoms. The Morgan fingerprint density at radius 3 is 2.48 bits per heavy atom. The fourth-order valence-corrected chi connectivity index (χ4v) is 3.17. The first kappa shape index (κ1) is 21.9. The van der Waals surface area contributed by atoms with Crippen LogP contribution in [0.25, 0.3) is 6.08 Å². The van der Waals surface area contributed by atoms with Gasteiger partial charge in [0.1, 0.15) is 12.3 Å². The van der Waals surface area contributed by atoms with E-state index in [0.717, 1.165) is 11.3 Å². The number of hydrogen-bond donors (Lipinski definition) is 0. The molecule has 160 valence electrons. The van der Waals surface area contributed by atoms with Crippen LogP contribution in [0.2, 0.25) is 0 Å². The number of aryl methyl sites for hydroxylation is 1. The molecule has 2 heterocycles. The highest BCUT2D eigenvalue weighted by Gasteiger charge is 2.21. The maximum Gasteiger partial charge on any atom is 0.247 e. The van der Waals surface area contributed by atoms with Crippen LogP contribution in [0.3, 0.4) is 0 Å². The number of carbonyl (C=O) groups excluding carboxylic acids is 2. The van der Waals surface area contributed by atoms with Gasteiger partial charge in [0, 0.05) is 31.6 Å². The van der Waals surface area contributed by atoms with Crippen molar-refractivity contribution in [2.24, 2.45) is 7.05 Å². The smallest absolute Gasteiger partial charge is 0.247 e. The van der Waals surface area contributed by atoms with Gasteiger partial charge in [0.2, 0.25) is 11.8 Å². The van der Waals surface area contributed by atoms with Crippen LogP contribution in [-0.2, 0) is 29.7 Å². The standard InChI is InChI=1S/C25H27N3O3/c1-3-15-27(24(29)14-13-21-9-5-4-6-10-21)20-25(30)28(19-23-12-8-17-31-23)18-22-11-7-16-26(22)2/h3-14,16-17H,1,15,18-20H2,2H3. The molecule has 6 nitrogen and oxygen atoms in total. The van der Waals surface area contributed by atoms with E-state index in [1.54, 1.807) is 29.4 Å². The van der Waals surface area contributed by atoms with Gasteiger partial charge in [-0.1, -0.05) is 36.4 Å². The molecule has 0 atom stereocenters. The van der Waals surface area contributed by atoms with Gasteiger partial charge in [-0.3, -0.25) is 9.59 Å². The zero-order valence-electron chi connectivity index (χ0n) is 17.7. The van der Waals surface area contributed by atoms with Gasteiger partial charge in [0.05, 0.1) is 19.4 Å². The molecule has 0 aliphatic carbocycles. The molecule has 0 saturated carbocycles. The van der Waals surface area contributed by atoms with E-state index in [1.165, 1.54) is 11.0 Å². The third kappa shape index (κ3) is 6.34. The van der Waals surface area contributed by atoms with Gasteiger partial charge in [0.15, 0.2) is 0 Å². The first-order valence-electron chi connectivity index (χ1n) is 10.1. The Morgan fingerprint density at radius 2 is 1.84 bits per heavy atom. The zero-order valence-corrected chi connectivity index (χ0v) is 17.7. The average Bonchev–Trinajstić information content (AvgIpc) is 3.44. The summed E-state index contributed by atoms with van der Waals surface area (Å²) in [7, 11) is 1.94. The lowest BCUT2D eigenvalue weighted by Crippen LogP contribution is -2.42. The summed E-state index contributed by atoms with van der Waals surface area (Å²) in [6.45, 7) is 4.70. The highest BCUT2D eigenvalue weighted by atomic mass is 16.3. The minimum absolute atomic E-state index is 0.0465. The lowest BCUT2D eigenvalue weighted by molar-refractivity contribution is -0.138. The van der Waals surface area contributed by atoms with Gasteiger partial charge in [-0.2, -0.15) is 0 Å². The molecule has 0 fully saturated rings. The second-order valence-corrected chi connectivity index (χ2v) is 7.19. The van der Waals surface area contributed by atoms with E-state index in [4.69, 9.17) is 4.42 Å². The lowest BCUT2D eigenvalue weighted by Gasteiger charge is -2.26. The highest BCUT2D eigenvalue weighted by Crippen LogP contribution is 2.12. The molecule has 0 aliphatic rings. The average molecular weight is 418 g/mol. The van der Waals surface area contributed by atoms with Crippen molar-refractivity contribution >= 4 is 17.9 Å². The number of hydrogen-bond acceptors (Lipinski definition) is 3. The molecule has 2 aromatic heterocycles. The Labute approximate surface area is 182 Å². The topological polar surface area (TPSA) is 58.7 Å². The quantitative estimate of drug-likeness (QED) is 0.372. The van der Waals surface area contributed by atoms with Gasteiger partial charge >= 0.3 is 0 Å². The molecule has 31 heavy (non-hydrogen) atoms. The molecular weight excluding hydrogens is 390 g/mol. The normalized spacial score (nSPS) is 10.9. The second-order valence-electron chi connectivity index (χ2n) is 7.19. The molecule has 0 unspecified atom stereocenters. The summed E-state index contributed by atoms with van der Waals surface area (Å²) in [5, 5.41) is 0. The number of carbonyl (C=O) groups is 2. The molecule has 0 spiro atoms. The summed E-state index contributed by atoms with van der Waals surface area (Å²) in [4.78, 5) is 29.1. The number of amides is 2.